The number of halogens is 1. The monoisotopic (exact) mass is 322 g/mol. The van der Waals surface area contributed by atoms with Gasteiger partial charge in [0.2, 0.25) is 0 Å². The van der Waals surface area contributed by atoms with Crippen LogP contribution in [-0.4, -0.2) is 18.0 Å². The third-order valence-electron chi connectivity index (χ3n) is 3.72. The topological polar surface area (TPSA) is 29.3 Å². The van der Waals surface area contributed by atoms with Crippen LogP contribution in [0.15, 0.2) is 36.4 Å². The third-order valence-corrected chi connectivity index (χ3v) is 5.02. The molecule has 2 aromatic rings. The van der Waals surface area contributed by atoms with Crippen LogP contribution in [0.3, 0.4) is 0 Å². The van der Waals surface area contributed by atoms with Crippen molar-refractivity contribution >= 4 is 22.9 Å². The van der Waals surface area contributed by atoms with E-state index in [4.69, 9.17) is 17.3 Å². The summed E-state index contributed by atoms with van der Waals surface area (Å²) in [7, 11) is 2.12. The molecule has 2 rings (SSSR count). The van der Waals surface area contributed by atoms with Crippen LogP contribution in [0.1, 0.15) is 35.9 Å². The number of nitrogens with zero attached hydrogens (tertiary/aromatic N) is 1. The lowest BCUT2D eigenvalue weighted by Gasteiger charge is -2.30. The molecule has 0 amide bonds. The minimum absolute atomic E-state index is 0.0552. The van der Waals surface area contributed by atoms with Crippen molar-refractivity contribution in [2.45, 2.75) is 38.9 Å². The van der Waals surface area contributed by atoms with Crippen molar-refractivity contribution in [3.63, 3.8) is 0 Å². The highest BCUT2D eigenvalue weighted by Gasteiger charge is 2.22. The summed E-state index contributed by atoms with van der Waals surface area (Å²) in [5.41, 5.74) is 8.88. The number of benzene rings is 1. The highest BCUT2D eigenvalue weighted by atomic mass is 35.5. The Morgan fingerprint density at radius 2 is 1.76 bits per heavy atom. The van der Waals surface area contributed by atoms with Crippen molar-refractivity contribution in [2.75, 3.05) is 7.05 Å². The smallest absolute Gasteiger partial charge is 0.0931 e. The predicted molar refractivity (Wildman–Crippen MR) is 93.0 cm³/mol. The fourth-order valence-electron chi connectivity index (χ4n) is 2.63. The second-order valence-electron chi connectivity index (χ2n) is 5.53. The van der Waals surface area contributed by atoms with E-state index < -0.39 is 0 Å². The molecule has 1 aromatic heterocycles. The number of likely N-dealkylation sites (N-methyl/N-ethyl adjacent to an activating group) is 1. The van der Waals surface area contributed by atoms with Gasteiger partial charge in [-0.05, 0) is 43.7 Å². The van der Waals surface area contributed by atoms with Crippen LogP contribution < -0.4 is 5.73 Å². The summed E-state index contributed by atoms with van der Waals surface area (Å²) >= 11 is 7.68. The van der Waals surface area contributed by atoms with E-state index >= 15 is 0 Å². The zero-order chi connectivity index (χ0) is 15.4. The van der Waals surface area contributed by atoms with Gasteiger partial charge in [0.25, 0.3) is 0 Å². The number of hydrogen-bond acceptors (Lipinski definition) is 3. The minimum atomic E-state index is 0.0552. The maximum absolute atomic E-state index is 6.20. The zero-order valence-electron chi connectivity index (χ0n) is 12.8. The molecule has 0 aliphatic carbocycles. The van der Waals surface area contributed by atoms with Crippen molar-refractivity contribution in [2.24, 2.45) is 5.73 Å². The Labute approximate surface area is 136 Å². The lowest BCUT2D eigenvalue weighted by atomic mass is 10.1. The predicted octanol–water partition coefficient (Wildman–Crippen LogP) is 4.48. The van der Waals surface area contributed by atoms with Crippen molar-refractivity contribution < 1.29 is 0 Å². The molecule has 0 spiro atoms. The molecule has 2 unspecified atom stereocenters. The molecule has 2 atom stereocenters. The summed E-state index contributed by atoms with van der Waals surface area (Å²) in [6, 6.07) is 13.1. The highest BCUT2D eigenvalue weighted by molar-refractivity contribution is 7.16. The van der Waals surface area contributed by atoms with Crippen molar-refractivity contribution in [3.05, 3.63) is 56.7 Å². The molecule has 0 aliphatic rings. The van der Waals surface area contributed by atoms with Gasteiger partial charge in [-0.25, -0.2) is 0 Å². The highest BCUT2D eigenvalue weighted by Crippen LogP contribution is 2.32. The number of nitrogens with two attached hydrogens (primary N) is 1. The summed E-state index contributed by atoms with van der Waals surface area (Å²) < 4.78 is 0.816. The first kappa shape index (κ1) is 16.5. The van der Waals surface area contributed by atoms with E-state index in [0.29, 0.717) is 0 Å². The average Bonchev–Trinajstić information content (AvgIpc) is 2.85. The van der Waals surface area contributed by atoms with E-state index in [1.54, 1.807) is 11.3 Å². The quantitative estimate of drug-likeness (QED) is 0.849. The summed E-state index contributed by atoms with van der Waals surface area (Å²) in [4.78, 5) is 3.52. The van der Waals surface area contributed by atoms with Gasteiger partial charge in [-0.15, -0.1) is 11.3 Å². The molecule has 1 aromatic carbocycles. The summed E-state index contributed by atoms with van der Waals surface area (Å²) in [6.07, 6.45) is 1.08. The van der Waals surface area contributed by atoms with Crippen LogP contribution in [-0.2, 0) is 13.0 Å². The molecule has 2 nitrogen and oxygen atoms in total. The molecular weight excluding hydrogens is 300 g/mol. The van der Waals surface area contributed by atoms with Gasteiger partial charge in [0.1, 0.15) is 0 Å². The Morgan fingerprint density at radius 1 is 1.14 bits per heavy atom. The molecule has 21 heavy (non-hydrogen) atoms. The van der Waals surface area contributed by atoms with Crippen LogP contribution in [0.2, 0.25) is 4.34 Å². The maximum atomic E-state index is 6.20. The first-order valence-electron chi connectivity index (χ1n) is 7.30. The van der Waals surface area contributed by atoms with E-state index in [9.17, 15) is 0 Å². The Balaban J connectivity index is 2.13. The molecule has 0 fully saturated rings. The lowest BCUT2D eigenvalue weighted by Crippen LogP contribution is -2.36. The number of hydrogen-bond donors (Lipinski definition) is 1. The summed E-state index contributed by atoms with van der Waals surface area (Å²) in [5, 5.41) is 0. The molecule has 0 bridgehead atoms. The van der Waals surface area contributed by atoms with E-state index in [0.717, 1.165) is 17.3 Å². The van der Waals surface area contributed by atoms with E-state index in [1.165, 1.54) is 16.0 Å². The van der Waals surface area contributed by atoms with Crippen LogP contribution in [0.25, 0.3) is 0 Å². The Hall–Kier alpha value is -0.870. The van der Waals surface area contributed by atoms with Gasteiger partial charge in [-0.3, -0.25) is 4.90 Å². The van der Waals surface area contributed by atoms with Crippen molar-refractivity contribution in [1.82, 2.24) is 4.90 Å². The molecule has 0 saturated carbocycles. The van der Waals surface area contributed by atoms with Gasteiger partial charge in [0, 0.05) is 17.5 Å². The molecular formula is C17H23ClN2S. The fourth-order valence-corrected chi connectivity index (χ4v) is 3.97. The van der Waals surface area contributed by atoms with Gasteiger partial charge in [0.05, 0.1) is 10.4 Å². The molecule has 0 radical (unpaired) electrons. The fraction of sp³-hybridized carbons (Fsp3) is 0.412. The number of rotatable bonds is 6. The van der Waals surface area contributed by atoms with Crippen molar-refractivity contribution in [3.8, 4) is 0 Å². The first-order valence-corrected chi connectivity index (χ1v) is 8.49. The van der Waals surface area contributed by atoms with Crippen LogP contribution >= 0.6 is 22.9 Å². The second-order valence-corrected chi connectivity index (χ2v) is 7.28. The largest absolute Gasteiger partial charge is 0.326 e. The number of aryl methyl sites for hydroxylation is 1. The third kappa shape index (κ3) is 4.30. The van der Waals surface area contributed by atoms with Crippen LogP contribution in [0.4, 0.5) is 0 Å². The molecule has 0 saturated heterocycles. The average molecular weight is 323 g/mol. The normalized spacial score (nSPS) is 14.4. The number of thiophene rings is 1. The molecule has 4 heteroatoms. The van der Waals surface area contributed by atoms with Crippen LogP contribution in [0, 0.1) is 0 Å². The van der Waals surface area contributed by atoms with E-state index in [1.807, 2.05) is 6.07 Å². The van der Waals surface area contributed by atoms with E-state index in [-0.39, 0.29) is 12.1 Å². The summed E-state index contributed by atoms with van der Waals surface area (Å²) in [5.74, 6) is 0. The maximum Gasteiger partial charge on any atom is 0.0931 e. The molecule has 1 heterocycles. The molecule has 2 N–H and O–H groups in total. The van der Waals surface area contributed by atoms with Gasteiger partial charge in [0.15, 0.2) is 0 Å². The Kier molecular flexibility index (Phi) is 5.82. The summed E-state index contributed by atoms with van der Waals surface area (Å²) in [6.45, 7) is 5.11. The lowest BCUT2D eigenvalue weighted by molar-refractivity contribution is 0.214. The molecule has 0 aliphatic heterocycles. The van der Waals surface area contributed by atoms with Crippen LogP contribution in [0.5, 0.6) is 0 Å². The standard InChI is InChI=1S/C17H23ClN2S/c1-4-13-5-7-14(8-6-13)11-20(3)17(12(2)19)15-9-10-16(18)21-15/h5-10,12,17H,4,11,19H2,1-3H3. The second kappa shape index (κ2) is 7.41. The van der Waals surface area contributed by atoms with Gasteiger partial charge in [-0.2, -0.15) is 0 Å². The van der Waals surface area contributed by atoms with Crippen molar-refractivity contribution in [1.29, 1.82) is 0 Å². The first-order chi connectivity index (χ1) is 10.0. The minimum Gasteiger partial charge on any atom is -0.326 e. The Morgan fingerprint density at radius 3 is 2.24 bits per heavy atom. The van der Waals surface area contributed by atoms with Gasteiger partial charge in [-0.1, -0.05) is 42.8 Å². The van der Waals surface area contributed by atoms with E-state index in [2.05, 4.69) is 56.1 Å². The van der Waals surface area contributed by atoms with Gasteiger partial charge >= 0.3 is 0 Å². The SMILES string of the molecule is CCc1ccc(CN(C)C(c2ccc(Cl)s2)C(C)N)cc1. The van der Waals surface area contributed by atoms with Gasteiger partial charge < -0.3 is 5.73 Å². The molecule has 114 valence electrons. The zero-order valence-corrected chi connectivity index (χ0v) is 14.4. The Bertz CT molecular complexity index is 562.